The van der Waals surface area contributed by atoms with Gasteiger partial charge in [-0.05, 0) is 32.2 Å². The minimum absolute atomic E-state index is 0.678. The van der Waals surface area contributed by atoms with Crippen LogP contribution in [0.1, 0.15) is 46.0 Å². The molecule has 0 bridgehead atoms. The molecule has 0 aliphatic carbocycles. The fourth-order valence-corrected chi connectivity index (χ4v) is 1.82. The Hall–Kier alpha value is -0.120. The first-order valence-corrected chi connectivity index (χ1v) is 6.65. The molecule has 0 spiro atoms. The van der Waals surface area contributed by atoms with E-state index < -0.39 is 0 Å². The van der Waals surface area contributed by atoms with Gasteiger partial charge in [0.15, 0.2) is 0 Å². The van der Waals surface area contributed by atoms with Crippen LogP contribution in [0.4, 0.5) is 0 Å². The Morgan fingerprint density at radius 1 is 1.00 bits per heavy atom. The molecule has 0 radical (unpaired) electrons. The van der Waals surface area contributed by atoms with E-state index in [0.29, 0.717) is 6.04 Å². The molecule has 16 heavy (non-hydrogen) atoms. The maximum absolute atomic E-state index is 5.53. The molecule has 0 fully saturated rings. The standard InChI is InChI=1S/C13H29NO2/c1-4-8-13(14-5-2)9-6-11-16-12-7-10-15-3/h13-14H,4-12H2,1-3H3. The summed E-state index contributed by atoms with van der Waals surface area (Å²) in [5.74, 6) is 0. The van der Waals surface area contributed by atoms with Crippen molar-refractivity contribution in [3.8, 4) is 0 Å². The Labute approximate surface area is 101 Å². The summed E-state index contributed by atoms with van der Waals surface area (Å²) in [5.41, 5.74) is 0. The lowest BCUT2D eigenvalue weighted by Gasteiger charge is -2.16. The molecule has 1 atom stereocenters. The fourth-order valence-electron chi connectivity index (χ4n) is 1.82. The first-order valence-electron chi connectivity index (χ1n) is 6.65. The molecule has 0 saturated heterocycles. The van der Waals surface area contributed by atoms with Crippen molar-refractivity contribution >= 4 is 0 Å². The zero-order valence-corrected chi connectivity index (χ0v) is 11.3. The van der Waals surface area contributed by atoms with Crippen molar-refractivity contribution in [3.63, 3.8) is 0 Å². The van der Waals surface area contributed by atoms with Crippen LogP contribution in [0, 0.1) is 0 Å². The third-order valence-electron chi connectivity index (χ3n) is 2.61. The Bertz CT molecular complexity index is 125. The topological polar surface area (TPSA) is 30.5 Å². The molecule has 0 heterocycles. The number of ether oxygens (including phenoxy) is 2. The van der Waals surface area contributed by atoms with Crippen LogP contribution in [0.2, 0.25) is 0 Å². The Morgan fingerprint density at radius 2 is 1.75 bits per heavy atom. The zero-order chi connectivity index (χ0) is 12.1. The molecule has 0 saturated carbocycles. The lowest BCUT2D eigenvalue weighted by molar-refractivity contribution is 0.0988. The second-order valence-corrected chi connectivity index (χ2v) is 4.14. The maximum atomic E-state index is 5.53. The number of methoxy groups -OCH3 is 1. The van der Waals surface area contributed by atoms with Crippen LogP contribution in [0.25, 0.3) is 0 Å². The molecule has 98 valence electrons. The second-order valence-electron chi connectivity index (χ2n) is 4.14. The average Bonchev–Trinajstić information content (AvgIpc) is 2.28. The van der Waals surface area contributed by atoms with E-state index >= 15 is 0 Å². The smallest absolute Gasteiger partial charge is 0.0487 e. The molecule has 3 nitrogen and oxygen atoms in total. The van der Waals surface area contributed by atoms with Gasteiger partial charge in [-0.3, -0.25) is 0 Å². The van der Waals surface area contributed by atoms with Gasteiger partial charge in [0.25, 0.3) is 0 Å². The van der Waals surface area contributed by atoms with Gasteiger partial charge in [-0.25, -0.2) is 0 Å². The van der Waals surface area contributed by atoms with E-state index in [4.69, 9.17) is 9.47 Å². The molecular formula is C13H29NO2. The van der Waals surface area contributed by atoms with Crippen molar-refractivity contribution in [3.05, 3.63) is 0 Å². The highest BCUT2D eigenvalue weighted by molar-refractivity contribution is 4.64. The molecule has 0 aromatic heterocycles. The zero-order valence-electron chi connectivity index (χ0n) is 11.3. The number of hydrogen-bond donors (Lipinski definition) is 1. The van der Waals surface area contributed by atoms with Gasteiger partial charge in [0, 0.05) is 33.0 Å². The van der Waals surface area contributed by atoms with Gasteiger partial charge in [0.1, 0.15) is 0 Å². The molecule has 0 aromatic carbocycles. The third kappa shape index (κ3) is 10.4. The van der Waals surface area contributed by atoms with Gasteiger partial charge in [0.05, 0.1) is 0 Å². The van der Waals surface area contributed by atoms with Crippen molar-refractivity contribution in [1.82, 2.24) is 5.32 Å². The Morgan fingerprint density at radius 3 is 2.38 bits per heavy atom. The van der Waals surface area contributed by atoms with E-state index in [1.165, 1.54) is 19.3 Å². The number of hydrogen-bond acceptors (Lipinski definition) is 3. The Kier molecular flexibility index (Phi) is 12.9. The number of rotatable bonds is 12. The van der Waals surface area contributed by atoms with Crippen LogP contribution in [0.15, 0.2) is 0 Å². The molecule has 0 amide bonds. The van der Waals surface area contributed by atoms with Crippen LogP contribution in [-0.4, -0.2) is 39.5 Å². The van der Waals surface area contributed by atoms with Crippen molar-refractivity contribution in [1.29, 1.82) is 0 Å². The van der Waals surface area contributed by atoms with Crippen molar-refractivity contribution < 1.29 is 9.47 Å². The van der Waals surface area contributed by atoms with E-state index in [0.717, 1.165) is 39.2 Å². The van der Waals surface area contributed by atoms with E-state index in [1.807, 2.05) is 0 Å². The second kappa shape index (κ2) is 12.9. The van der Waals surface area contributed by atoms with E-state index in [-0.39, 0.29) is 0 Å². The van der Waals surface area contributed by atoms with E-state index in [1.54, 1.807) is 7.11 Å². The lowest BCUT2D eigenvalue weighted by Crippen LogP contribution is -2.28. The van der Waals surface area contributed by atoms with Gasteiger partial charge in [-0.15, -0.1) is 0 Å². The first-order chi connectivity index (χ1) is 7.85. The summed E-state index contributed by atoms with van der Waals surface area (Å²) in [4.78, 5) is 0. The van der Waals surface area contributed by atoms with Crippen LogP contribution >= 0.6 is 0 Å². The van der Waals surface area contributed by atoms with Gasteiger partial charge in [-0.2, -0.15) is 0 Å². The van der Waals surface area contributed by atoms with Crippen molar-refractivity contribution in [2.45, 2.75) is 52.0 Å². The van der Waals surface area contributed by atoms with E-state index in [2.05, 4.69) is 19.2 Å². The highest BCUT2D eigenvalue weighted by Gasteiger charge is 2.04. The fraction of sp³-hybridized carbons (Fsp3) is 1.00. The van der Waals surface area contributed by atoms with Gasteiger partial charge >= 0.3 is 0 Å². The maximum Gasteiger partial charge on any atom is 0.0487 e. The Balaban J connectivity index is 3.25. The highest BCUT2D eigenvalue weighted by atomic mass is 16.5. The molecule has 0 aliphatic rings. The minimum atomic E-state index is 0.678. The molecule has 3 heteroatoms. The summed E-state index contributed by atoms with van der Waals surface area (Å²) in [5, 5.41) is 3.52. The highest BCUT2D eigenvalue weighted by Crippen LogP contribution is 2.04. The van der Waals surface area contributed by atoms with Crippen LogP contribution in [-0.2, 0) is 9.47 Å². The predicted molar refractivity (Wildman–Crippen MR) is 68.9 cm³/mol. The summed E-state index contributed by atoms with van der Waals surface area (Å²) < 4.78 is 10.5. The van der Waals surface area contributed by atoms with Crippen LogP contribution < -0.4 is 5.32 Å². The van der Waals surface area contributed by atoms with Crippen LogP contribution in [0.3, 0.4) is 0 Å². The molecule has 0 rings (SSSR count). The average molecular weight is 231 g/mol. The quantitative estimate of drug-likeness (QED) is 0.524. The summed E-state index contributed by atoms with van der Waals surface area (Å²) in [6.07, 6.45) is 5.92. The van der Waals surface area contributed by atoms with Crippen molar-refractivity contribution in [2.24, 2.45) is 0 Å². The first kappa shape index (κ1) is 15.9. The summed E-state index contributed by atoms with van der Waals surface area (Å²) in [7, 11) is 1.73. The SMILES string of the molecule is CCCC(CCCOCCCOC)NCC. The van der Waals surface area contributed by atoms with Crippen molar-refractivity contribution in [2.75, 3.05) is 33.5 Å². The summed E-state index contributed by atoms with van der Waals surface area (Å²) in [6.45, 7) is 7.99. The predicted octanol–water partition coefficient (Wildman–Crippen LogP) is 2.60. The lowest BCUT2D eigenvalue weighted by atomic mass is 10.1. The van der Waals surface area contributed by atoms with E-state index in [9.17, 15) is 0 Å². The van der Waals surface area contributed by atoms with Gasteiger partial charge in [0.2, 0.25) is 0 Å². The molecule has 1 unspecified atom stereocenters. The van der Waals surface area contributed by atoms with Crippen LogP contribution in [0.5, 0.6) is 0 Å². The minimum Gasteiger partial charge on any atom is -0.385 e. The monoisotopic (exact) mass is 231 g/mol. The molecule has 0 aliphatic heterocycles. The largest absolute Gasteiger partial charge is 0.385 e. The normalized spacial score (nSPS) is 12.9. The summed E-state index contributed by atoms with van der Waals surface area (Å²) >= 11 is 0. The van der Waals surface area contributed by atoms with Gasteiger partial charge in [-0.1, -0.05) is 20.3 Å². The molecule has 1 N–H and O–H groups in total. The third-order valence-corrected chi connectivity index (χ3v) is 2.61. The number of nitrogens with one attached hydrogen (secondary N) is 1. The molecular weight excluding hydrogens is 202 g/mol. The van der Waals surface area contributed by atoms with Gasteiger partial charge < -0.3 is 14.8 Å². The summed E-state index contributed by atoms with van der Waals surface area (Å²) in [6, 6.07) is 0.678. The molecule has 0 aromatic rings.